The standard InChI is InChI=1S/C26H28N2O5S/c1-18-9-10-23-24(16-18)33-25(17-28(23)34(30,31)22-7-5-4-6-8-22)26(29)27-11-12-32-21-14-19(2)13-20(3)15-21/h4-10,13-16,25H,11-12,17H2,1-3H3,(H,27,29)/t25-/m0/s1. The van der Waals surface area contributed by atoms with Crippen molar-refractivity contribution in [3.05, 3.63) is 83.4 Å². The van der Waals surface area contributed by atoms with E-state index in [-0.39, 0.29) is 24.6 Å². The first kappa shape index (κ1) is 23.6. The largest absolute Gasteiger partial charge is 0.492 e. The Morgan fingerprint density at radius 3 is 2.41 bits per heavy atom. The van der Waals surface area contributed by atoms with Crippen molar-refractivity contribution in [2.45, 2.75) is 31.8 Å². The normalized spacial score (nSPS) is 15.3. The van der Waals surface area contributed by atoms with Gasteiger partial charge in [0.1, 0.15) is 18.1 Å². The third-order valence-corrected chi connectivity index (χ3v) is 7.27. The summed E-state index contributed by atoms with van der Waals surface area (Å²) in [4.78, 5) is 13.1. The Bertz CT molecular complexity index is 1270. The van der Waals surface area contributed by atoms with E-state index < -0.39 is 22.0 Å². The van der Waals surface area contributed by atoms with Gasteiger partial charge in [0.2, 0.25) is 0 Å². The third kappa shape index (κ3) is 5.17. The number of carbonyl (C=O) groups excluding carboxylic acids is 1. The van der Waals surface area contributed by atoms with Crippen LogP contribution in [0.4, 0.5) is 5.69 Å². The summed E-state index contributed by atoms with van der Waals surface area (Å²) in [6.07, 6.45) is -0.992. The number of aryl methyl sites for hydroxylation is 3. The van der Waals surface area contributed by atoms with Crippen LogP contribution in [0.15, 0.2) is 71.6 Å². The predicted molar refractivity (Wildman–Crippen MR) is 131 cm³/mol. The number of fused-ring (bicyclic) bond motifs is 1. The molecule has 0 saturated carbocycles. The SMILES string of the molecule is Cc1cc(C)cc(OCCNC(=O)[C@@H]2CN(S(=O)(=O)c3ccccc3)c3ccc(C)cc3O2)c1. The number of sulfonamides is 1. The number of nitrogens with zero attached hydrogens (tertiary/aromatic N) is 1. The molecule has 1 N–H and O–H groups in total. The number of benzene rings is 3. The molecule has 0 unspecified atom stereocenters. The lowest BCUT2D eigenvalue weighted by Crippen LogP contribution is -2.51. The smallest absolute Gasteiger partial charge is 0.264 e. The summed E-state index contributed by atoms with van der Waals surface area (Å²) in [7, 11) is -3.88. The van der Waals surface area contributed by atoms with Crippen molar-refractivity contribution in [3.8, 4) is 11.5 Å². The van der Waals surface area contributed by atoms with Crippen molar-refractivity contribution < 1.29 is 22.7 Å². The Morgan fingerprint density at radius 1 is 1.00 bits per heavy atom. The third-order valence-electron chi connectivity index (χ3n) is 5.47. The molecule has 34 heavy (non-hydrogen) atoms. The van der Waals surface area contributed by atoms with E-state index in [4.69, 9.17) is 9.47 Å². The highest BCUT2D eigenvalue weighted by molar-refractivity contribution is 7.92. The molecule has 0 radical (unpaired) electrons. The Kier molecular flexibility index (Phi) is 6.79. The van der Waals surface area contributed by atoms with Gasteiger partial charge in [0.25, 0.3) is 15.9 Å². The van der Waals surface area contributed by atoms with E-state index >= 15 is 0 Å². The van der Waals surface area contributed by atoms with Crippen LogP contribution in [0.1, 0.15) is 16.7 Å². The molecular formula is C26H28N2O5S. The van der Waals surface area contributed by atoms with Crippen LogP contribution in [0.3, 0.4) is 0 Å². The minimum Gasteiger partial charge on any atom is -0.492 e. The molecule has 0 fully saturated rings. The lowest BCUT2D eigenvalue weighted by atomic mass is 10.1. The van der Waals surface area contributed by atoms with E-state index in [9.17, 15) is 13.2 Å². The van der Waals surface area contributed by atoms with Crippen molar-refractivity contribution in [1.29, 1.82) is 0 Å². The highest BCUT2D eigenvalue weighted by atomic mass is 32.2. The number of nitrogens with one attached hydrogen (secondary N) is 1. The molecule has 4 rings (SSSR count). The van der Waals surface area contributed by atoms with Crippen LogP contribution < -0.4 is 19.1 Å². The van der Waals surface area contributed by atoms with Gasteiger partial charge in [-0.1, -0.05) is 30.3 Å². The number of hydrogen-bond donors (Lipinski definition) is 1. The molecule has 0 aliphatic carbocycles. The van der Waals surface area contributed by atoms with Gasteiger partial charge < -0.3 is 14.8 Å². The van der Waals surface area contributed by atoms with E-state index in [2.05, 4.69) is 11.4 Å². The van der Waals surface area contributed by atoms with Gasteiger partial charge in [-0.15, -0.1) is 0 Å². The summed E-state index contributed by atoms with van der Waals surface area (Å²) >= 11 is 0. The second-order valence-electron chi connectivity index (χ2n) is 8.39. The monoisotopic (exact) mass is 480 g/mol. The molecule has 1 amide bonds. The van der Waals surface area contributed by atoms with Gasteiger partial charge in [0.05, 0.1) is 23.7 Å². The van der Waals surface area contributed by atoms with Crippen molar-refractivity contribution in [3.63, 3.8) is 0 Å². The van der Waals surface area contributed by atoms with E-state index in [1.54, 1.807) is 30.3 Å². The highest BCUT2D eigenvalue weighted by Crippen LogP contribution is 2.37. The zero-order valence-corrected chi connectivity index (χ0v) is 20.3. The fourth-order valence-electron chi connectivity index (χ4n) is 3.92. The van der Waals surface area contributed by atoms with Crippen molar-refractivity contribution >= 4 is 21.6 Å². The maximum Gasteiger partial charge on any atom is 0.264 e. The number of amides is 1. The average molecular weight is 481 g/mol. The lowest BCUT2D eigenvalue weighted by Gasteiger charge is -2.35. The minimum atomic E-state index is -3.88. The molecule has 8 heteroatoms. The van der Waals surface area contributed by atoms with Crippen LogP contribution in [0.5, 0.6) is 11.5 Å². The predicted octanol–water partition coefficient (Wildman–Crippen LogP) is 3.76. The van der Waals surface area contributed by atoms with E-state index in [1.807, 2.05) is 39.0 Å². The number of rotatable bonds is 7. The van der Waals surface area contributed by atoms with Crippen LogP contribution in [-0.2, 0) is 14.8 Å². The zero-order chi connectivity index (χ0) is 24.3. The Morgan fingerprint density at radius 2 is 1.71 bits per heavy atom. The summed E-state index contributed by atoms with van der Waals surface area (Å²) in [5.74, 6) is 0.701. The molecule has 3 aromatic carbocycles. The summed E-state index contributed by atoms with van der Waals surface area (Å²) in [5, 5.41) is 2.80. The maximum absolute atomic E-state index is 13.4. The molecule has 178 valence electrons. The van der Waals surface area contributed by atoms with Crippen molar-refractivity contribution in [1.82, 2.24) is 5.32 Å². The maximum atomic E-state index is 13.4. The first-order chi connectivity index (χ1) is 16.2. The molecule has 1 aliphatic heterocycles. The molecule has 0 aromatic heterocycles. The quantitative estimate of drug-likeness (QED) is 0.521. The van der Waals surface area contributed by atoms with Gasteiger partial charge in [0, 0.05) is 0 Å². The fraction of sp³-hybridized carbons (Fsp3) is 0.269. The van der Waals surface area contributed by atoms with Gasteiger partial charge in [0.15, 0.2) is 6.10 Å². The van der Waals surface area contributed by atoms with Gasteiger partial charge in [-0.25, -0.2) is 8.42 Å². The second-order valence-corrected chi connectivity index (χ2v) is 10.3. The number of anilines is 1. The first-order valence-corrected chi connectivity index (χ1v) is 12.5. The first-order valence-electron chi connectivity index (χ1n) is 11.1. The molecule has 3 aromatic rings. The summed E-state index contributed by atoms with van der Waals surface area (Å²) < 4.78 is 39.7. The molecular weight excluding hydrogens is 452 g/mol. The number of hydrogen-bond acceptors (Lipinski definition) is 5. The van der Waals surface area contributed by atoms with Gasteiger partial charge in [-0.3, -0.25) is 9.10 Å². The summed E-state index contributed by atoms with van der Waals surface area (Å²) in [6, 6.07) is 19.4. The van der Waals surface area contributed by atoms with Crippen molar-refractivity contribution in [2.75, 3.05) is 24.0 Å². The lowest BCUT2D eigenvalue weighted by molar-refractivity contribution is -0.127. The molecule has 0 spiro atoms. The number of ether oxygens (including phenoxy) is 2. The molecule has 1 aliphatic rings. The fourth-order valence-corrected chi connectivity index (χ4v) is 5.42. The molecule has 0 saturated heterocycles. The van der Waals surface area contributed by atoms with Crippen LogP contribution in [0.25, 0.3) is 0 Å². The Labute approximate surface area is 200 Å². The van der Waals surface area contributed by atoms with Crippen LogP contribution in [0.2, 0.25) is 0 Å². The van der Waals surface area contributed by atoms with E-state index in [0.717, 1.165) is 22.4 Å². The molecule has 0 bridgehead atoms. The summed E-state index contributed by atoms with van der Waals surface area (Å²) in [6.45, 7) is 6.29. The topological polar surface area (TPSA) is 84.9 Å². The van der Waals surface area contributed by atoms with Gasteiger partial charge in [-0.05, 0) is 73.9 Å². The molecule has 1 atom stereocenters. The molecule has 7 nitrogen and oxygen atoms in total. The molecule has 1 heterocycles. The van der Waals surface area contributed by atoms with E-state index in [0.29, 0.717) is 11.4 Å². The van der Waals surface area contributed by atoms with Crippen molar-refractivity contribution in [2.24, 2.45) is 0 Å². The van der Waals surface area contributed by atoms with E-state index in [1.165, 1.54) is 16.4 Å². The zero-order valence-electron chi connectivity index (χ0n) is 19.4. The van der Waals surface area contributed by atoms with Gasteiger partial charge >= 0.3 is 0 Å². The Balaban J connectivity index is 1.47. The van der Waals surface area contributed by atoms with Gasteiger partial charge in [-0.2, -0.15) is 0 Å². The van der Waals surface area contributed by atoms with Crippen LogP contribution >= 0.6 is 0 Å². The highest BCUT2D eigenvalue weighted by Gasteiger charge is 2.37. The summed E-state index contributed by atoms with van der Waals surface area (Å²) in [5.41, 5.74) is 3.52. The minimum absolute atomic E-state index is 0.128. The van der Waals surface area contributed by atoms with Crippen LogP contribution in [-0.4, -0.2) is 40.1 Å². The average Bonchev–Trinajstić information content (AvgIpc) is 2.80. The number of carbonyl (C=O) groups is 1. The van der Waals surface area contributed by atoms with Crippen LogP contribution in [0, 0.1) is 20.8 Å². The second kappa shape index (κ2) is 9.77. The Hall–Kier alpha value is -3.52.